The molecule has 1 amide bonds. The zero-order valence-corrected chi connectivity index (χ0v) is 17.1. The molecule has 0 saturated heterocycles. The highest BCUT2D eigenvalue weighted by Gasteiger charge is 2.18. The van der Waals surface area contributed by atoms with Crippen LogP contribution in [0.3, 0.4) is 0 Å². The van der Waals surface area contributed by atoms with Gasteiger partial charge in [0.2, 0.25) is 0 Å². The number of carbonyl (C=O) groups excluding carboxylic acids is 1. The fourth-order valence-corrected chi connectivity index (χ4v) is 3.29. The van der Waals surface area contributed by atoms with Crippen molar-refractivity contribution in [2.75, 3.05) is 0 Å². The number of aromatic amines is 1. The second-order valence-electron chi connectivity index (χ2n) is 7.17. The number of para-hydroxylation sites is 2. The van der Waals surface area contributed by atoms with E-state index in [4.69, 9.17) is 0 Å². The van der Waals surface area contributed by atoms with Gasteiger partial charge in [0.15, 0.2) is 0 Å². The predicted molar refractivity (Wildman–Crippen MR) is 119 cm³/mol. The molecule has 0 spiro atoms. The molecular formula is C23H21N5O3. The minimum atomic E-state index is -0.493. The molecule has 2 aromatic carbocycles. The Labute approximate surface area is 177 Å². The number of hydrogen-bond donors (Lipinski definition) is 2. The number of hydrogen-bond acceptors (Lipinski definition) is 4. The van der Waals surface area contributed by atoms with Gasteiger partial charge >= 0.3 is 5.69 Å². The molecule has 31 heavy (non-hydrogen) atoms. The summed E-state index contributed by atoms with van der Waals surface area (Å²) in [6.07, 6.45) is 2.87. The number of rotatable bonds is 5. The third kappa shape index (κ3) is 4.09. The number of H-pyrrole nitrogens is 1. The summed E-state index contributed by atoms with van der Waals surface area (Å²) in [7, 11) is 2.95. The maximum absolute atomic E-state index is 13.1. The van der Waals surface area contributed by atoms with E-state index in [0.29, 0.717) is 17.9 Å². The lowest BCUT2D eigenvalue weighted by Gasteiger charge is -2.09. The standard InChI is InChI=1S/C23H21N5O3/c1-27-14-16(22(30)28(2)23(27)31)12-17(20-25-18-10-6-7-11-19(18)26-20)21(29)24-13-15-8-4-3-5-9-15/h3-12,14H,13H2,1-2H3,(H,24,29)(H,25,26)/b17-12+. The number of imidazole rings is 1. The highest BCUT2D eigenvalue weighted by Crippen LogP contribution is 2.19. The molecular weight excluding hydrogens is 394 g/mol. The summed E-state index contributed by atoms with van der Waals surface area (Å²) in [4.78, 5) is 45.4. The zero-order valence-electron chi connectivity index (χ0n) is 17.1. The Kier molecular flexibility index (Phi) is 5.36. The number of benzene rings is 2. The lowest BCUT2D eigenvalue weighted by molar-refractivity contribution is -0.115. The summed E-state index contributed by atoms with van der Waals surface area (Å²) in [6.45, 7) is 0.322. The van der Waals surface area contributed by atoms with Crippen LogP contribution in [0.2, 0.25) is 0 Å². The molecule has 0 unspecified atom stereocenters. The summed E-state index contributed by atoms with van der Waals surface area (Å²) < 4.78 is 2.30. The van der Waals surface area contributed by atoms with Crippen LogP contribution in [0.1, 0.15) is 17.0 Å². The topological polar surface area (TPSA) is 102 Å². The van der Waals surface area contributed by atoms with Crippen LogP contribution < -0.4 is 16.6 Å². The Balaban J connectivity index is 1.79. The molecule has 8 nitrogen and oxygen atoms in total. The molecule has 2 N–H and O–H groups in total. The van der Waals surface area contributed by atoms with Crippen LogP contribution >= 0.6 is 0 Å². The van der Waals surface area contributed by atoms with Gasteiger partial charge in [0.25, 0.3) is 11.5 Å². The quantitative estimate of drug-likeness (QED) is 0.486. The van der Waals surface area contributed by atoms with Gasteiger partial charge in [-0.15, -0.1) is 0 Å². The maximum atomic E-state index is 13.1. The van der Waals surface area contributed by atoms with Gasteiger partial charge in [0, 0.05) is 26.8 Å². The van der Waals surface area contributed by atoms with E-state index >= 15 is 0 Å². The lowest BCUT2D eigenvalue weighted by Crippen LogP contribution is -2.37. The molecule has 0 radical (unpaired) electrons. The Morgan fingerprint density at radius 2 is 1.77 bits per heavy atom. The Bertz CT molecular complexity index is 1380. The van der Waals surface area contributed by atoms with Gasteiger partial charge in [-0.1, -0.05) is 42.5 Å². The van der Waals surface area contributed by atoms with Crippen LogP contribution in [-0.4, -0.2) is 25.0 Å². The van der Waals surface area contributed by atoms with E-state index in [9.17, 15) is 14.4 Å². The summed E-state index contributed by atoms with van der Waals surface area (Å²) in [6, 6.07) is 16.9. The lowest BCUT2D eigenvalue weighted by atomic mass is 10.1. The third-order valence-corrected chi connectivity index (χ3v) is 4.96. The van der Waals surface area contributed by atoms with Gasteiger partial charge in [-0.3, -0.25) is 14.2 Å². The fraction of sp³-hybridized carbons (Fsp3) is 0.130. The number of aromatic nitrogens is 4. The molecule has 0 saturated carbocycles. The molecule has 2 heterocycles. The second kappa shape index (κ2) is 8.27. The molecule has 4 rings (SSSR count). The minimum Gasteiger partial charge on any atom is -0.348 e. The molecule has 0 aliphatic rings. The van der Waals surface area contributed by atoms with E-state index < -0.39 is 11.2 Å². The van der Waals surface area contributed by atoms with Crippen LogP contribution in [0.5, 0.6) is 0 Å². The molecule has 0 atom stereocenters. The summed E-state index contributed by atoms with van der Waals surface area (Å²) in [5.41, 5.74) is 1.88. The van der Waals surface area contributed by atoms with E-state index in [1.54, 1.807) is 7.05 Å². The highest BCUT2D eigenvalue weighted by atomic mass is 16.2. The molecule has 0 fully saturated rings. The average Bonchev–Trinajstić information content (AvgIpc) is 3.22. The van der Waals surface area contributed by atoms with Crippen LogP contribution in [0.25, 0.3) is 22.7 Å². The predicted octanol–water partition coefficient (Wildman–Crippen LogP) is 1.82. The SMILES string of the molecule is Cn1cc(/C=C(/C(=O)NCc2ccccc2)c2nc3ccccc3[nH]2)c(=O)n(C)c1=O. The van der Waals surface area contributed by atoms with Gasteiger partial charge in [0.1, 0.15) is 5.82 Å². The first kappa shape index (κ1) is 20.1. The minimum absolute atomic E-state index is 0.197. The van der Waals surface area contributed by atoms with Gasteiger partial charge in [-0.2, -0.15) is 0 Å². The molecule has 8 heteroatoms. The van der Waals surface area contributed by atoms with Crippen molar-refractivity contribution >= 4 is 28.6 Å². The van der Waals surface area contributed by atoms with Crippen molar-refractivity contribution in [1.29, 1.82) is 0 Å². The van der Waals surface area contributed by atoms with Crippen LogP contribution in [0.4, 0.5) is 0 Å². The maximum Gasteiger partial charge on any atom is 0.330 e. The Morgan fingerprint density at radius 1 is 1.06 bits per heavy atom. The first-order valence-corrected chi connectivity index (χ1v) is 9.69. The molecule has 0 aliphatic heterocycles. The van der Waals surface area contributed by atoms with Crippen LogP contribution in [0.15, 0.2) is 70.4 Å². The van der Waals surface area contributed by atoms with E-state index in [1.165, 1.54) is 23.9 Å². The van der Waals surface area contributed by atoms with Crippen molar-refractivity contribution < 1.29 is 4.79 Å². The van der Waals surface area contributed by atoms with Crippen molar-refractivity contribution in [3.05, 3.63) is 98.6 Å². The Morgan fingerprint density at radius 3 is 2.52 bits per heavy atom. The van der Waals surface area contributed by atoms with Gasteiger partial charge < -0.3 is 14.9 Å². The molecule has 4 aromatic rings. The van der Waals surface area contributed by atoms with Crippen LogP contribution in [-0.2, 0) is 25.4 Å². The number of aryl methyl sites for hydroxylation is 1. The second-order valence-corrected chi connectivity index (χ2v) is 7.17. The van der Waals surface area contributed by atoms with E-state index in [2.05, 4.69) is 15.3 Å². The van der Waals surface area contributed by atoms with Crippen molar-refractivity contribution in [3.63, 3.8) is 0 Å². The van der Waals surface area contributed by atoms with Crippen LogP contribution in [0, 0.1) is 0 Å². The summed E-state index contributed by atoms with van der Waals surface area (Å²) in [5.74, 6) is -0.0542. The average molecular weight is 415 g/mol. The van der Waals surface area contributed by atoms with E-state index in [0.717, 1.165) is 15.6 Å². The van der Waals surface area contributed by atoms with Crippen molar-refractivity contribution in [2.45, 2.75) is 6.54 Å². The van der Waals surface area contributed by atoms with Gasteiger partial charge in [-0.05, 0) is 23.8 Å². The summed E-state index contributed by atoms with van der Waals surface area (Å²) >= 11 is 0. The first-order chi connectivity index (χ1) is 14.9. The molecule has 0 aliphatic carbocycles. The first-order valence-electron chi connectivity index (χ1n) is 9.69. The molecule has 156 valence electrons. The smallest absolute Gasteiger partial charge is 0.330 e. The monoisotopic (exact) mass is 415 g/mol. The van der Waals surface area contributed by atoms with Crippen molar-refractivity contribution in [3.8, 4) is 0 Å². The normalized spacial score (nSPS) is 11.6. The number of carbonyl (C=O) groups is 1. The Hall–Kier alpha value is -4.20. The third-order valence-electron chi connectivity index (χ3n) is 4.96. The largest absolute Gasteiger partial charge is 0.348 e. The number of amides is 1. The van der Waals surface area contributed by atoms with Crippen molar-refractivity contribution in [1.82, 2.24) is 24.4 Å². The molecule has 2 aromatic heterocycles. The van der Waals surface area contributed by atoms with E-state index in [-0.39, 0.29) is 17.0 Å². The van der Waals surface area contributed by atoms with Gasteiger partial charge in [-0.25, -0.2) is 9.78 Å². The zero-order chi connectivity index (χ0) is 22.0. The molecule has 0 bridgehead atoms. The highest BCUT2D eigenvalue weighted by molar-refractivity contribution is 6.23. The number of fused-ring (bicyclic) bond motifs is 1. The number of nitrogens with zero attached hydrogens (tertiary/aromatic N) is 3. The van der Waals surface area contributed by atoms with Crippen molar-refractivity contribution in [2.24, 2.45) is 14.1 Å². The summed E-state index contributed by atoms with van der Waals surface area (Å²) in [5, 5.41) is 2.88. The van der Waals surface area contributed by atoms with E-state index in [1.807, 2.05) is 54.6 Å². The number of nitrogens with one attached hydrogen (secondary N) is 2. The van der Waals surface area contributed by atoms with Gasteiger partial charge in [0.05, 0.1) is 22.2 Å². The fourth-order valence-electron chi connectivity index (χ4n) is 3.29.